The van der Waals surface area contributed by atoms with Gasteiger partial charge in [0.05, 0.1) is 0 Å². The molecule has 0 amide bonds. The summed E-state index contributed by atoms with van der Waals surface area (Å²) >= 11 is 0. The molecule has 0 aliphatic carbocycles. The number of anilines is 1. The molecule has 1 aromatic rings. The molecular formula is C14H22N2. The molecule has 0 spiro atoms. The third-order valence-electron chi connectivity index (χ3n) is 3.47. The summed E-state index contributed by atoms with van der Waals surface area (Å²) in [5, 5.41) is 3.25. The van der Waals surface area contributed by atoms with Crippen LogP contribution in [0.25, 0.3) is 0 Å². The van der Waals surface area contributed by atoms with E-state index in [1.54, 1.807) is 0 Å². The minimum atomic E-state index is 0.598. The SMILES string of the molecule is CNCCC1CN(C(C)C)c2ccccc21. The van der Waals surface area contributed by atoms with Crippen molar-refractivity contribution in [2.75, 3.05) is 25.0 Å². The Kier molecular flexibility index (Phi) is 3.49. The Morgan fingerprint density at radius 3 is 2.81 bits per heavy atom. The van der Waals surface area contributed by atoms with Gasteiger partial charge in [0.25, 0.3) is 0 Å². The summed E-state index contributed by atoms with van der Waals surface area (Å²) < 4.78 is 0. The molecule has 0 saturated carbocycles. The second kappa shape index (κ2) is 4.88. The molecule has 1 heterocycles. The number of hydrogen-bond acceptors (Lipinski definition) is 2. The predicted octanol–water partition coefficient (Wildman–Crippen LogP) is 2.61. The van der Waals surface area contributed by atoms with Crippen LogP contribution in [-0.4, -0.2) is 26.2 Å². The van der Waals surface area contributed by atoms with Crippen LogP contribution in [0.15, 0.2) is 24.3 Å². The molecule has 88 valence electrons. The lowest BCUT2D eigenvalue weighted by atomic mass is 9.98. The van der Waals surface area contributed by atoms with Crippen molar-refractivity contribution in [1.82, 2.24) is 5.32 Å². The Bertz CT molecular complexity index is 346. The third kappa shape index (κ3) is 2.07. The van der Waals surface area contributed by atoms with Gasteiger partial charge in [-0.2, -0.15) is 0 Å². The van der Waals surface area contributed by atoms with Gasteiger partial charge in [-0.05, 0) is 45.5 Å². The van der Waals surface area contributed by atoms with Gasteiger partial charge < -0.3 is 10.2 Å². The van der Waals surface area contributed by atoms with Crippen LogP contribution in [0.2, 0.25) is 0 Å². The fraction of sp³-hybridized carbons (Fsp3) is 0.571. The minimum absolute atomic E-state index is 0.598. The van der Waals surface area contributed by atoms with Gasteiger partial charge in [-0.3, -0.25) is 0 Å². The quantitative estimate of drug-likeness (QED) is 0.835. The van der Waals surface area contributed by atoms with E-state index in [2.05, 4.69) is 48.3 Å². The molecule has 0 aromatic heterocycles. The molecule has 1 aromatic carbocycles. The summed E-state index contributed by atoms with van der Waals surface area (Å²) in [7, 11) is 2.03. The molecule has 1 unspecified atom stereocenters. The van der Waals surface area contributed by atoms with Crippen molar-refractivity contribution in [3.8, 4) is 0 Å². The predicted molar refractivity (Wildman–Crippen MR) is 70.2 cm³/mol. The van der Waals surface area contributed by atoms with E-state index in [0.717, 1.165) is 6.54 Å². The van der Waals surface area contributed by atoms with Crippen molar-refractivity contribution in [1.29, 1.82) is 0 Å². The third-order valence-corrected chi connectivity index (χ3v) is 3.47. The number of para-hydroxylation sites is 1. The van der Waals surface area contributed by atoms with Gasteiger partial charge >= 0.3 is 0 Å². The minimum Gasteiger partial charge on any atom is -0.368 e. The largest absolute Gasteiger partial charge is 0.368 e. The number of rotatable bonds is 4. The molecular weight excluding hydrogens is 196 g/mol. The summed E-state index contributed by atoms with van der Waals surface area (Å²) in [6, 6.07) is 9.46. The second-order valence-corrected chi connectivity index (χ2v) is 4.89. The number of fused-ring (bicyclic) bond motifs is 1. The molecule has 2 heteroatoms. The average Bonchev–Trinajstić information content (AvgIpc) is 2.65. The lowest BCUT2D eigenvalue weighted by Gasteiger charge is -2.24. The summed E-state index contributed by atoms with van der Waals surface area (Å²) in [5.41, 5.74) is 2.98. The van der Waals surface area contributed by atoms with Crippen molar-refractivity contribution < 1.29 is 0 Å². The first-order chi connectivity index (χ1) is 7.74. The highest BCUT2D eigenvalue weighted by Gasteiger charge is 2.28. The van der Waals surface area contributed by atoms with Crippen molar-refractivity contribution in [2.24, 2.45) is 0 Å². The van der Waals surface area contributed by atoms with Crippen molar-refractivity contribution in [3.63, 3.8) is 0 Å². The highest BCUT2D eigenvalue weighted by molar-refractivity contribution is 5.60. The molecule has 0 bridgehead atoms. The van der Waals surface area contributed by atoms with Gasteiger partial charge in [0.1, 0.15) is 0 Å². The lowest BCUT2D eigenvalue weighted by Crippen LogP contribution is -2.29. The monoisotopic (exact) mass is 218 g/mol. The Balaban J connectivity index is 2.21. The summed E-state index contributed by atoms with van der Waals surface area (Å²) in [5.74, 6) is 0.700. The standard InChI is InChI=1S/C14H22N2/c1-11(2)16-10-12(8-9-15-3)13-6-4-5-7-14(13)16/h4-7,11-12,15H,8-10H2,1-3H3. The van der Waals surface area contributed by atoms with Gasteiger partial charge in [0.15, 0.2) is 0 Å². The van der Waals surface area contributed by atoms with E-state index >= 15 is 0 Å². The smallest absolute Gasteiger partial charge is 0.0404 e. The topological polar surface area (TPSA) is 15.3 Å². The Labute approximate surface area is 98.7 Å². The molecule has 2 nitrogen and oxygen atoms in total. The van der Waals surface area contributed by atoms with Crippen LogP contribution in [0.3, 0.4) is 0 Å². The lowest BCUT2D eigenvalue weighted by molar-refractivity contribution is 0.588. The molecule has 0 radical (unpaired) electrons. The zero-order valence-corrected chi connectivity index (χ0v) is 10.5. The van der Waals surface area contributed by atoms with E-state index in [9.17, 15) is 0 Å². The van der Waals surface area contributed by atoms with Crippen molar-refractivity contribution in [2.45, 2.75) is 32.2 Å². The average molecular weight is 218 g/mol. The van der Waals surface area contributed by atoms with E-state index in [1.807, 2.05) is 7.05 Å². The number of benzene rings is 1. The molecule has 0 saturated heterocycles. The molecule has 1 aliphatic heterocycles. The van der Waals surface area contributed by atoms with Crippen LogP contribution >= 0.6 is 0 Å². The van der Waals surface area contributed by atoms with E-state index in [0.29, 0.717) is 12.0 Å². The molecule has 1 atom stereocenters. The van der Waals surface area contributed by atoms with Crippen LogP contribution in [-0.2, 0) is 0 Å². The number of hydrogen-bond donors (Lipinski definition) is 1. The second-order valence-electron chi connectivity index (χ2n) is 4.89. The van der Waals surface area contributed by atoms with Gasteiger partial charge in [0.2, 0.25) is 0 Å². The van der Waals surface area contributed by atoms with E-state index in [1.165, 1.54) is 24.2 Å². The molecule has 1 aliphatic rings. The van der Waals surface area contributed by atoms with Gasteiger partial charge in [-0.25, -0.2) is 0 Å². The van der Waals surface area contributed by atoms with E-state index in [4.69, 9.17) is 0 Å². The number of nitrogens with zero attached hydrogens (tertiary/aromatic N) is 1. The summed E-state index contributed by atoms with van der Waals surface area (Å²) in [6.07, 6.45) is 1.23. The maximum absolute atomic E-state index is 3.25. The van der Waals surface area contributed by atoms with Crippen LogP contribution in [0, 0.1) is 0 Å². The van der Waals surface area contributed by atoms with Crippen LogP contribution in [0.1, 0.15) is 31.7 Å². The Hall–Kier alpha value is -1.02. The molecule has 1 N–H and O–H groups in total. The van der Waals surface area contributed by atoms with Crippen molar-refractivity contribution in [3.05, 3.63) is 29.8 Å². The maximum atomic E-state index is 3.25. The summed E-state index contributed by atoms with van der Waals surface area (Å²) in [4.78, 5) is 2.52. The van der Waals surface area contributed by atoms with Gasteiger partial charge in [-0.15, -0.1) is 0 Å². The molecule has 2 rings (SSSR count). The van der Waals surface area contributed by atoms with Crippen LogP contribution in [0.5, 0.6) is 0 Å². The fourth-order valence-corrected chi connectivity index (χ4v) is 2.58. The zero-order valence-electron chi connectivity index (χ0n) is 10.5. The highest BCUT2D eigenvalue weighted by atomic mass is 15.2. The zero-order chi connectivity index (χ0) is 11.5. The number of nitrogens with one attached hydrogen (secondary N) is 1. The van der Waals surface area contributed by atoms with E-state index < -0.39 is 0 Å². The first kappa shape index (κ1) is 11.5. The summed E-state index contributed by atoms with van der Waals surface area (Å²) in [6.45, 7) is 6.83. The normalized spacial score (nSPS) is 19.2. The Morgan fingerprint density at radius 1 is 1.38 bits per heavy atom. The maximum Gasteiger partial charge on any atom is 0.0404 e. The van der Waals surface area contributed by atoms with Crippen LogP contribution in [0.4, 0.5) is 5.69 Å². The van der Waals surface area contributed by atoms with Crippen LogP contribution < -0.4 is 10.2 Å². The van der Waals surface area contributed by atoms with Gasteiger partial charge in [-0.1, -0.05) is 18.2 Å². The highest BCUT2D eigenvalue weighted by Crippen LogP contribution is 2.38. The van der Waals surface area contributed by atoms with Gasteiger partial charge in [0, 0.05) is 24.2 Å². The fourth-order valence-electron chi connectivity index (χ4n) is 2.58. The Morgan fingerprint density at radius 2 is 2.12 bits per heavy atom. The first-order valence-corrected chi connectivity index (χ1v) is 6.24. The van der Waals surface area contributed by atoms with Crippen molar-refractivity contribution >= 4 is 5.69 Å². The van der Waals surface area contributed by atoms with E-state index in [-0.39, 0.29) is 0 Å². The molecule has 16 heavy (non-hydrogen) atoms. The molecule has 0 fully saturated rings. The first-order valence-electron chi connectivity index (χ1n) is 6.24.